The number of aromatic nitrogens is 2. The molecule has 98 valence electrons. The summed E-state index contributed by atoms with van der Waals surface area (Å²) in [6.45, 7) is 8.12. The number of nitrogens with zero attached hydrogens (tertiary/aromatic N) is 2. The molecule has 0 bridgehead atoms. The monoisotopic (exact) mass is 309 g/mol. The minimum atomic E-state index is 0.316. The molecule has 2 rings (SSSR count). The predicted octanol–water partition coefficient (Wildman–Crippen LogP) is 3.52. The normalized spacial score (nSPS) is 13.4. The van der Waals surface area contributed by atoms with E-state index in [9.17, 15) is 0 Å². The van der Waals surface area contributed by atoms with E-state index in [1.807, 2.05) is 0 Å². The molecule has 4 heteroatoms. The summed E-state index contributed by atoms with van der Waals surface area (Å²) in [6, 6.07) is 6.25. The number of benzene rings is 1. The molecule has 2 aromatic rings. The Kier molecular flexibility index (Phi) is 4.07. The van der Waals surface area contributed by atoms with E-state index in [4.69, 9.17) is 10.7 Å². The zero-order chi connectivity index (χ0) is 13.3. The quantitative estimate of drug-likeness (QED) is 0.939. The van der Waals surface area contributed by atoms with Crippen molar-refractivity contribution in [3.8, 4) is 0 Å². The Balaban J connectivity index is 2.62. The van der Waals surface area contributed by atoms with Crippen molar-refractivity contribution in [1.29, 1.82) is 0 Å². The average Bonchev–Trinajstić information content (AvgIpc) is 2.66. The van der Waals surface area contributed by atoms with Gasteiger partial charge in [-0.25, -0.2) is 4.98 Å². The zero-order valence-electron chi connectivity index (χ0n) is 11.2. The molecule has 0 aliphatic carbocycles. The molecule has 0 fully saturated rings. The maximum absolute atomic E-state index is 5.92. The lowest BCUT2D eigenvalue weighted by Crippen LogP contribution is -2.21. The van der Waals surface area contributed by atoms with Gasteiger partial charge in [-0.15, -0.1) is 0 Å². The van der Waals surface area contributed by atoms with Crippen molar-refractivity contribution in [1.82, 2.24) is 9.55 Å². The molecule has 0 aliphatic heterocycles. The first-order chi connectivity index (χ1) is 8.58. The van der Waals surface area contributed by atoms with Crippen LogP contribution in [0.1, 0.15) is 32.5 Å². The first-order valence-electron chi connectivity index (χ1n) is 6.44. The molecule has 1 heterocycles. The molecule has 0 spiro atoms. The third-order valence-corrected chi connectivity index (χ3v) is 3.94. The van der Waals surface area contributed by atoms with E-state index in [-0.39, 0.29) is 0 Å². The van der Waals surface area contributed by atoms with Crippen molar-refractivity contribution in [2.75, 3.05) is 6.54 Å². The van der Waals surface area contributed by atoms with Crippen LogP contribution in [0.5, 0.6) is 0 Å². The Labute approximate surface area is 117 Å². The van der Waals surface area contributed by atoms with Crippen molar-refractivity contribution in [3.05, 3.63) is 28.5 Å². The lowest BCUT2D eigenvalue weighted by molar-refractivity contribution is 0.467. The molecule has 1 atom stereocenters. The zero-order valence-corrected chi connectivity index (χ0v) is 12.7. The van der Waals surface area contributed by atoms with Gasteiger partial charge in [0.1, 0.15) is 5.82 Å². The maximum Gasteiger partial charge on any atom is 0.114 e. The molecule has 1 aromatic heterocycles. The van der Waals surface area contributed by atoms with Gasteiger partial charge in [0.25, 0.3) is 0 Å². The molecule has 2 N–H and O–H groups in total. The van der Waals surface area contributed by atoms with Crippen molar-refractivity contribution in [3.63, 3.8) is 0 Å². The second kappa shape index (κ2) is 5.41. The van der Waals surface area contributed by atoms with Crippen LogP contribution in [-0.2, 0) is 6.54 Å². The van der Waals surface area contributed by atoms with Gasteiger partial charge in [-0.1, -0.05) is 29.8 Å². The van der Waals surface area contributed by atoms with Crippen molar-refractivity contribution in [2.24, 2.45) is 11.7 Å². The standard InChI is InChI=1S/C14H20BrN3/c1-4-18-13-6-5-10(15)7-12(13)17-14(18)11(8-16)9(2)3/h5-7,9,11H,4,8,16H2,1-3H3. The van der Waals surface area contributed by atoms with E-state index in [1.165, 1.54) is 5.52 Å². The first-order valence-corrected chi connectivity index (χ1v) is 7.23. The van der Waals surface area contributed by atoms with Gasteiger partial charge in [0, 0.05) is 23.5 Å². The largest absolute Gasteiger partial charge is 0.330 e. The summed E-state index contributed by atoms with van der Waals surface area (Å²) < 4.78 is 3.34. The lowest BCUT2D eigenvalue weighted by atomic mass is 9.95. The number of fused-ring (bicyclic) bond motifs is 1. The number of imidazole rings is 1. The summed E-state index contributed by atoms with van der Waals surface area (Å²) in [5.41, 5.74) is 8.15. The lowest BCUT2D eigenvalue weighted by Gasteiger charge is -2.19. The SMILES string of the molecule is CCn1c(C(CN)C(C)C)nc2cc(Br)ccc21. The fraction of sp³-hybridized carbons (Fsp3) is 0.500. The van der Waals surface area contributed by atoms with Gasteiger partial charge in [0.2, 0.25) is 0 Å². The van der Waals surface area contributed by atoms with Crippen LogP contribution < -0.4 is 5.73 Å². The molecular weight excluding hydrogens is 290 g/mol. The highest BCUT2D eigenvalue weighted by atomic mass is 79.9. The number of hydrogen-bond acceptors (Lipinski definition) is 2. The summed E-state index contributed by atoms with van der Waals surface area (Å²) >= 11 is 3.50. The Morgan fingerprint density at radius 3 is 2.67 bits per heavy atom. The molecule has 0 radical (unpaired) electrons. The topological polar surface area (TPSA) is 43.8 Å². The predicted molar refractivity (Wildman–Crippen MR) is 79.7 cm³/mol. The van der Waals surface area contributed by atoms with Crippen LogP contribution in [0.25, 0.3) is 11.0 Å². The molecule has 0 aliphatic rings. The fourth-order valence-electron chi connectivity index (χ4n) is 2.41. The summed E-state index contributed by atoms with van der Waals surface area (Å²) in [4.78, 5) is 4.79. The number of nitrogens with two attached hydrogens (primary N) is 1. The van der Waals surface area contributed by atoms with E-state index >= 15 is 0 Å². The second-order valence-electron chi connectivity index (χ2n) is 4.93. The van der Waals surface area contributed by atoms with Crippen LogP contribution in [0.3, 0.4) is 0 Å². The van der Waals surface area contributed by atoms with Crippen molar-refractivity contribution >= 4 is 27.0 Å². The maximum atomic E-state index is 5.92. The smallest absolute Gasteiger partial charge is 0.114 e. The summed E-state index contributed by atoms with van der Waals surface area (Å²) in [5, 5.41) is 0. The number of rotatable bonds is 4. The fourth-order valence-corrected chi connectivity index (χ4v) is 2.76. The van der Waals surface area contributed by atoms with E-state index < -0.39 is 0 Å². The molecule has 1 aromatic carbocycles. The van der Waals surface area contributed by atoms with E-state index in [1.54, 1.807) is 0 Å². The first kappa shape index (κ1) is 13.6. The van der Waals surface area contributed by atoms with Gasteiger partial charge in [-0.2, -0.15) is 0 Å². The molecule has 0 saturated heterocycles. The molecule has 0 amide bonds. The highest BCUT2D eigenvalue weighted by Crippen LogP contribution is 2.28. The van der Waals surface area contributed by atoms with Gasteiger partial charge in [-0.05, 0) is 31.0 Å². The van der Waals surface area contributed by atoms with Crippen LogP contribution >= 0.6 is 15.9 Å². The van der Waals surface area contributed by atoms with Crippen molar-refractivity contribution < 1.29 is 0 Å². The van der Waals surface area contributed by atoms with Crippen LogP contribution in [-0.4, -0.2) is 16.1 Å². The minimum absolute atomic E-state index is 0.316. The highest BCUT2D eigenvalue weighted by Gasteiger charge is 2.21. The van der Waals surface area contributed by atoms with Crippen LogP contribution in [0.2, 0.25) is 0 Å². The van der Waals surface area contributed by atoms with Crippen LogP contribution in [0.4, 0.5) is 0 Å². The average molecular weight is 310 g/mol. The Morgan fingerprint density at radius 2 is 2.11 bits per heavy atom. The Bertz CT molecular complexity index is 545. The van der Waals surface area contributed by atoms with E-state index in [2.05, 4.69) is 59.5 Å². The minimum Gasteiger partial charge on any atom is -0.330 e. The molecule has 1 unspecified atom stereocenters. The van der Waals surface area contributed by atoms with Gasteiger partial charge in [-0.3, -0.25) is 0 Å². The summed E-state index contributed by atoms with van der Waals surface area (Å²) in [6.07, 6.45) is 0. The third kappa shape index (κ3) is 2.31. The summed E-state index contributed by atoms with van der Waals surface area (Å²) in [5.74, 6) is 1.93. The highest BCUT2D eigenvalue weighted by molar-refractivity contribution is 9.10. The van der Waals surface area contributed by atoms with Crippen molar-refractivity contribution in [2.45, 2.75) is 33.2 Å². The second-order valence-corrected chi connectivity index (χ2v) is 5.85. The van der Waals surface area contributed by atoms with Gasteiger partial charge in [0.15, 0.2) is 0 Å². The van der Waals surface area contributed by atoms with E-state index in [0.717, 1.165) is 22.4 Å². The molecular formula is C14H20BrN3. The van der Waals surface area contributed by atoms with Gasteiger partial charge < -0.3 is 10.3 Å². The molecule has 0 saturated carbocycles. The van der Waals surface area contributed by atoms with Gasteiger partial charge >= 0.3 is 0 Å². The third-order valence-electron chi connectivity index (χ3n) is 3.45. The summed E-state index contributed by atoms with van der Waals surface area (Å²) in [7, 11) is 0. The number of hydrogen-bond donors (Lipinski definition) is 1. The molecule has 18 heavy (non-hydrogen) atoms. The molecule has 3 nitrogen and oxygen atoms in total. The van der Waals surface area contributed by atoms with Crippen LogP contribution in [0, 0.1) is 5.92 Å². The van der Waals surface area contributed by atoms with Crippen LogP contribution in [0.15, 0.2) is 22.7 Å². The van der Waals surface area contributed by atoms with E-state index in [0.29, 0.717) is 18.4 Å². The number of halogens is 1. The Morgan fingerprint density at radius 1 is 1.39 bits per heavy atom. The number of aryl methyl sites for hydroxylation is 1. The van der Waals surface area contributed by atoms with Gasteiger partial charge in [0.05, 0.1) is 11.0 Å². The Hall–Kier alpha value is -0.870.